The standard InChI is InChI=1S/C21H26ClNO3/c1-5-15-11-18(22)20(10-14(15)3)26-13-17-16(12-21(24)23-4)8-7-9-19(17)25-6-2/h7-11H,5-6,12-13H2,1-4H3,(H,23,24). The summed E-state index contributed by atoms with van der Waals surface area (Å²) in [5.74, 6) is 1.31. The number of likely N-dealkylation sites (N-methyl/N-ethyl adjacent to an activating group) is 1. The van der Waals surface area contributed by atoms with E-state index in [1.165, 1.54) is 5.56 Å². The molecule has 140 valence electrons. The molecule has 0 heterocycles. The van der Waals surface area contributed by atoms with Gasteiger partial charge in [-0.3, -0.25) is 4.79 Å². The quantitative estimate of drug-likeness (QED) is 0.740. The molecule has 0 atom stereocenters. The molecule has 0 aliphatic rings. The number of carbonyl (C=O) groups excluding carboxylic acids is 1. The van der Waals surface area contributed by atoms with Crippen molar-refractivity contribution in [2.45, 2.75) is 40.2 Å². The van der Waals surface area contributed by atoms with Gasteiger partial charge in [0.15, 0.2) is 0 Å². The molecule has 2 rings (SSSR count). The Morgan fingerprint density at radius 2 is 1.88 bits per heavy atom. The average Bonchev–Trinajstić information content (AvgIpc) is 2.63. The Morgan fingerprint density at radius 3 is 2.54 bits per heavy atom. The molecule has 0 aromatic heterocycles. The van der Waals surface area contributed by atoms with Crippen molar-refractivity contribution in [2.24, 2.45) is 0 Å². The van der Waals surface area contributed by atoms with Crippen molar-refractivity contribution in [2.75, 3.05) is 13.7 Å². The van der Waals surface area contributed by atoms with Gasteiger partial charge in [-0.2, -0.15) is 0 Å². The predicted molar refractivity (Wildman–Crippen MR) is 105 cm³/mol. The highest BCUT2D eigenvalue weighted by molar-refractivity contribution is 6.32. The topological polar surface area (TPSA) is 47.6 Å². The zero-order valence-electron chi connectivity index (χ0n) is 15.8. The minimum absolute atomic E-state index is 0.0546. The Morgan fingerprint density at radius 1 is 1.12 bits per heavy atom. The van der Waals surface area contributed by atoms with Gasteiger partial charge in [0.2, 0.25) is 5.91 Å². The first kappa shape index (κ1) is 20.1. The van der Waals surface area contributed by atoms with Gasteiger partial charge in [0.25, 0.3) is 0 Å². The van der Waals surface area contributed by atoms with Crippen LogP contribution in [0, 0.1) is 6.92 Å². The first-order valence-electron chi connectivity index (χ1n) is 8.86. The van der Waals surface area contributed by atoms with E-state index in [0.29, 0.717) is 17.4 Å². The Bertz CT molecular complexity index is 774. The van der Waals surface area contributed by atoms with Gasteiger partial charge >= 0.3 is 0 Å². The van der Waals surface area contributed by atoms with E-state index in [1.807, 2.05) is 44.2 Å². The van der Waals surface area contributed by atoms with E-state index < -0.39 is 0 Å². The van der Waals surface area contributed by atoms with Crippen LogP contribution in [0.4, 0.5) is 0 Å². The molecule has 2 aromatic carbocycles. The van der Waals surface area contributed by atoms with Crippen molar-refractivity contribution in [3.8, 4) is 11.5 Å². The van der Waals surface area contributed by atoms with Crippen LogP contribution in [0.2, 0.25) is 5.02 Å². The van der Waals surface area contributed by atoms with E-state index in [1.54, 1.807) is 7.05 Å². The molecule has 4 nitrogen and oxygen atoms in total. The van der Waals surface area contributed by atoms with Crippen LogP contribution in [0.3, 0.4) is 0 Å². The lowest BCUT2D eigenvalue weighted by atomic mass is 10.0. The predicted octanol–water partition coefficient (Wildman–Crippen LogP) is 4.48. The summed E-state index contributed by atoms with van der Waals surface area (Å²) in [5.41, 5.74) is 4.10. The van der Waals surface area contributed by atoms with Gasteiger partial charge in [0, 0.05) is 12.6 Å². The maximum atomic E-state index is 11.8. The van der Waals surface area contributed by atoms with Crippen LogP contribution in [0.1, 0.15) is 36.1 Å². The van der Waals surface area contributed by atoms with Crippen LogP contribution in [0.25, 0.3) is 0 Å². The number of ether oxygens (including phenoxy) is 2. The van der Waals surface area contributed by atoms with Gasteiger partial charge in [-0.05, 0) is 55.2 Å². The molecule has 26 heavy (non-hydrogen) atoms. The van der Waals surface area contributed by atoms with Gasteiger partial charge in [0.05, 0.1) is 18.1 Å². The van der Waals surface area contributed by atoms with Crippen molar-refractivity contribution in [1.82, 2.24) is 5.32 Å². The summed E-state index contributed by atoms with van der Waals surface area (Å²) in [5, 5.41) is 3.25. The fourth-order valence-electron chi connectivity index (χ4n) is 2.83. The summed E-state index contributed by atoms with van der Waals surface area (Å²) in [6.45, 7) is 6.91. The molecule has 0 aliphatic heterocycles. The maximum absolute atomic E-state index is 11.8. The Labute approximate surface area is 160 Å². The van der Waals surface area contributed by atoms with Gasteiger partial charge in [-0.25, -0.2) is 0 Å². The molecular weight excluding hydrogens is 350 g/mol. The highest BCUT2D eigenvalue weighted by Crippen LogP contribution is 2.31. The molecule has 0 aliphatic carbocycles. The largest absolute Gasteiger partial charge is 0.493 e. The second-order valence-electron chi connectivity index (χ2n) is 6.03. The zero-order valence-corrected chi connectivity index (χ0v) is 16.6. The van der Waals surface area contributed by atoms with Crippen LogP contribution in [-0.4, -0.2) is 19.6 Å². The third-order valence-electron chi connectivity index (χ3n) is 4.30. The minimum atomic E-state index is -0.0546. The number of carbonyl (C=O) groups is 1. The summed E-state index contributed by atoms with van der Waals surface area (Å²) in [7, 11) is 1.63. The molecule has 0 unspecified atom stereocenters. The second kappa shape index (κ2) is 9.48. The normalized spacial score (nSPS) is 10.5. The average molecular weight is 376 g/mol. The van der Waals surface area contributed by atoms with Crippen molar-refractivity contribution in [3.63, 3.8) is 0 Å². The number of hydrogen-bond donors (Lipinski definition) is 1. The Hall–Kier alpha value is -2.20. The number of nitrogens with one attached hydrogen (secondary N) is 1. The van der Waals surface area contributed by atoms with E-state index in [-0.39, 0.29) is 18.9 Å². The van der Waals surface area contributed by atoms with Gasteiger partial charge in [0.1, 0.15) is 18.1 Å². The first-order valence-corrected chi connectivity index (χ1v) is 9.23. The molecule has 1 N–H and O–H groups in total. The van der Waals surface area contributed by atoms with E-state index >= 15 is 0 Å². The van der Waals surface area contributed by atoms with Gasteiger partial charge in [-0.15, -0.1) is 0 Å². The van der Waals surface area contributed by atoms with E-state index in [2.05, 4.69) is 12.2 Å². The van der Waals surface area contributed by atoms with Crippen LogP contribution in [0.15, 0.2) is 30.3 Å². The lowest BCUT2D eigenvalue weighted by Crippen LogP contribution is -2.21. The third kappa shape index (κ3) is 4.92. The van der Waals surface area contributed by atoms with E-state index in [4.69, 9.17) is 21.1 Å². The summed E-state index contributed by atoms with van der Waals surface area (Å²) in [6.07, 6.45) is 1.20. The van der Waals surface area contributed by atoms with Crippen molar-refractivity contribution in [1.29, 1.82) is 0 Å². The van der Waals surface area contributed by atoms with E-state index in [9.17, 15) is 4.79 Å². The Balaban J connectivity index is 2.30. The van der Waals surface area contributed by atoms with Crippen LogP contribution >= 0.6 is 11.6 Å². The van der Waals surface area contributed by atoms with Crippen molar-refractivity contribution < 1.29 is 14.3 Å². The van der Waals surface area contributed by atoms with Gasteiger partial charge < -0.3 is 14.8 Å². The first-order chi connectivity index (χ1) is 12.5. The van der Waals surface area contributed by atoms with Crippen molar-refractivity contribution in [3.05, 3.63) is 57.6 Å². The minimum Gasteiger partial charge on any atom is -0.493 e. The summed E-state index contributed by atoms with van der Waals surface area (Å²) in [4.78, 5) is 11.8. The molecule has 0 saturated heterocycles. The second-order valence-corrected chi connectivity index (χ2v) is 6.44. The monoisotopic (exact) mass is 375 g/mol. The zero-order chi connectivity index (χ0) is 19.1. The lowest BCUT2D eigenvalue weighted by Gasteiger charge is -2.17. The number of benzene rings is 2. The highest BCUT2D eigenvalue weighted by atomic mass is 35.5. The SMILES string of the molecule is CCOc1cccc(CC(=O)NC)c1COc1cc(C)c(CC)cc1Cl. The number of halogens is 1. The molecule has 0 bridgehead atoms. The van der Waals surface area contributed by atoms with Crippen molar-refractivity contribution >= 4 is 17.5 Å². The highest BCUT2D eigenvalue weighted by Gasteiger charge is 2.14. The number of hydrogen-bond acceptors (Lipinski definition) is 3. The number of amides is 1. The number of rotatable bonds is 8. The molecule has 5 heteroatoms. The third-order valence-corrected chi connectivity index (χ3v) is 4.60. The van der Waals surface area contributed by atoms with Crippen LogP contribution in [-0.2, 0) is 24.2 Å². The Kier molecular flexibility index (Phi) is 7.34. The molecule has 0 saturated carbocycles. The van der Waals surface area contributed by atoms with Gasteiger partial charge in [-0.1, -0.05) is 30.7 Å². The summed E-state index contributed by atoms with van der Waals surface area (Å²) < 4.78 is 11.7. The van der Waals surface area contributed by atoms with E-state index in [0.717, 1.165) is 28.9 Å². The molecule has 0 spiro atoms. The molecular formula is C21H26ClNO3. The van der Waals surface area contributed by atoms with Crippen LogP contribution in [0.5, 0.6) is 11.5 Å². The maximum Gasteiger partial charge on any atom is 0.224 e. The van der Waals surface area contributed by atoms with Crippen LogP contribution < -0.4 is 14.8 Å². The molecule has 1 amide bonds. The molecule has 2 aromatic rings. The smallest absolute Gasteiger partial charge is 0.224 e. The fraction of sp³-hybridized carbons (Fsp3) is 0.381. The fourth-order valence-corrected chi connectivity index (χ4v) is 3.07. The molecule has 0 fully saturated rings. The summed E-state index contributed by atoms with van der Waals surface area (Å²) in [6, 6.07) is 9.61. The summed E-state index contributed by atoms with van der Waals surface area (Å²) >= 11 is 6.37. The molecule has 0 radical (unpaired) electrons. The lowest BCUT2D eigenvalue weighted by molar-refractivity contribution is -0.119. The number of aryl methyl sites for hydroxylation is 2.